The first kappa shape index (κ1) is 16.7. The summed E-state index contributed by atoms with van der Waals surface area (Å²) in [6.07, 6.45) is 0. The van der Waals surface area contributed by atoms with E-state index in [0.717, 1.165) is 19.6 Å². The number of rotatable bonds is 2. The number of fused-ring (bicyclic) bond motifs is 1. The molecule has 1 aromatic carbocycles. The van der Waals surface area contributed by atoms with Gasteiger partial charge in [-0.15, -0.1) is 11.3 Å². The Morgan fingerprint density at radius 1 is 1.29 bits per heavy atom. The number of halogens is 1. The molecule has 0 fully saturated rings. The van der Waals surface area contributed by atoms with Gasteiger partial charge in [0.05, 0.1) is 31.6 Å². The molecule has 3 aromatic rings. The first-order valence-corrected chi connectivity index (χ1v) is 8.94. The molecular formula is C18H15BrN2O2S. The van der Waals surface area contributed by atoms with Crippen molar-refractivity contribution in [2.45, 2.75) is 26.4 Å². The molecule has 2 aromatic heterocycles. The zero-order valence-corrected chi connectivity index (χ0v) is 15.8. The number of carbonyl (C=O) groups is 1. The Labute approximate surface area is 152 Å². The number of aromatic nitrogens is 1. The SMILES string of the molecule is CC(C)(C)OC(=O)c1c(-c2ccc(Br)s2)[nH]c2cc(C#N)ccc12. The summed E-state index contributed by atoms with van der Waals surface area (Å²) in [6.45, 7) is 5.53. The van der Waals surface area contributed by atoms with E-state index in [1.807, 2.05) is 32.9 Å². The van der Waals surface area contributed by atoms with Crippen LogP contribution < -0.4 is 0 Å². The van der Waals surface area contributed by atoms with Crippen molar-refractivity contribution < 1.29 is 9.53 Å². The summed E-state index contributed by atoms with van der Waals surface area (Å²) in [4.78, 5) is 17.0. The van der Waals surface area contributed by atoms with Gasteiger partial charge in [-0.05, 0) is 61.0 Å². The van der Waals surface area contributed by atoms with E-state index in [9.17, 15) is 4.79 Å². The molecule has 6 heteroatoms. The summed E-state index contributed by atoms with van der Waals surface area (Å²) < 4.78 is 6.56. The Morgan fingerprint density at radius 2 is 2.04 bits per heavy atom. The molecule has 0 bridgehead atoms. The molecule has 0 aliphatic heterocycles. The molecule has 0 saturated heterocycles. The van der Waals surface area contributed by atoms with E-state index in [2.05, 4.69) is 27.0 Å². The number of hydrogen-bond acceptors (Lipinski definition) is 4. The highest BCUT2D eigenvalue weighted by molar-refractivity contribution is 9.11. The molecule has 24 heavy (non-hydrogen) atoms. The molecule has 0 atom stereocenters. The van der Waals surface area contributed by atoms with Crippen LogP contribution in [0.25, 0.3) is 21.5 Å². The van der Waals surface area contributed by atoms with Crippen molar-refractivity contribution in [3.8, 4) is 16.6 Å². The molecule has 0 aliphatic rings. The number of nitrogens with zero attached hydrogens (tertiary/aromatic N) is 1. The van der Waals surface area contributed by atoms with E-state index in [-0.39, 0.29) is 5.97 Å². The molecule has 122 valence electrons. The van der Waals surface area contributed by atoms with Crippen LogP contribution in [0.3, 0.4) is 0 Å². The number of nitriles is 1. The Balaban J connectivity index is 2.23. The fourth-order valence-electron chi connectivity index (χ4n) is 2.44. The second kappa shape index (κ2) is 6.08. The van der Waals surface area contributed by atoms with Crippen molar-refractivity contribution in [3.63, 3.8) is 0 Å². The highest BCUT2D eigenvalue weighted by Gasteiger charge is 2.25. The average molecular weight is 403 g/mol. The van der Waals surface area contributed by atoms with Gasteiger partial charge in [0.2, 0.25) is 0 Å². The van der Waals surface area contributed by atoms with Crippen molar-refractivity contribution in [2.75, 3.05) is 0 Å². The first-order chi connectivity index (χ1) is 11.3. The zero-order valence-electron chi connectivity index (χ0n) is 13.4. The summed E-state index contributed by atoms with van der Waals surface area (Å²) in [7, 11) is 0. The number of nitrogens with one attached hydrogen (secondary N) is 1. The summed E-state index contributed by atoms with van der Waals surface area (Å²) in [5.41, 5.74) is 1.91. The number of carbonyl (C=O) groups excluding carboxylic acids is 1. The Bertz CT molecular complexity index is 973. The summed E-state index contributed by atoms with van der Waals surface area (Å²) in [5.74, 6) is -0.377. The monoisotopic (exact) mass is 402 g/mol. The lowest BCUT2D eigenvalue weighted by Crippen LogP contribution is -2.24. The van der Waals surface area contributed by atoms with Gasteiger partial charge in [0.25, 0.3) is 0 Å². The Kier molecular flexibility index (Phi) is 4.24. The molecule has 0 spiro atoms. The van der Waals surface area contributed by atoms with Gasteiger partial charge in [0.15, 0.2) is 0 Å². The lowest BCUT2D eigenvalue weighted by Gasteiger charge is -2.19. The number of aromatic amines is 1. The van der Waals surface area contributed by atoms with E-state index in [0.29, 0.717) is 16.8 Å². The maximum Gasteiger partial charge on any atom is 0.341 e. The lowest BCUT2D eigenvalue weighted by atomic mass is 10.1. The van der Waals surface area contributed by atoms with Gasteiger partial charge in [-0.3, -0.25) is 0 Å². The predicted molar refractivity (Wildman–Crippen MR) is 99.2 cm³/mol. The fraction of sp³-hybridized carbons (Fsp3) is 0.222. The van der Waals surface area contributed by atoms with E-state index in [1.165, 1.54) is 11.3 Å². The predicted octanol–water partition coefficient (Wildman–Crippen LogP) is 5.49. The molecule has 3 rings (SSSR count). The van der Waals surface area contributed by atoms with Crippen LogP contribution in [0.15, 0.2) is 34.1 Å². The highest BCUT2D eigenvalue weighted by Crippen LogP contribution is 2.37. The lowest BCUT2D eigenvalue weighted by molar-refractivity contribution is 0.00729. The van der Waals surface area contributed by atoms with Crippen molar-refractivity contribution in [1.29, 1.82) is 5.26 Å². The normalized spacial score (nSPS) is 11.5. The van der Waals surface area contributed by atoms with Gasteiger partial charge < -0.3 is 9.72 Å². The molecule has 1 N–H and O–H groups in total. The van der Waals surface area contributed by atoms with Crippen molar-refractivity contribution >= 4 is 44.1 Å². The van der Waals surface area contributed by atoms with Crippen molar-refractivity contribution in [1.82, 2.24) is 4.98 Å². The first-order valence-electron chi connectivity index (χ1n) is 7.33. The molecule has 0 saturated carbocycles. The number of benzene rings is 1. The summed E-state index contributed by atoms with van der Waals surface area (Å²) >= 11 is 4.98. The molecule has 0 amide bonds. The van der Waals surface area contributed by atoms with Crippen molar-refractivity contribution in [2.24, 2.45) is 0 Å². The third kappa shape index (κ3) is 3.23. The summed E-state index contributed by atoms with van der Waals surface area (Å²) in [6, 6.07) is 11.2. The standard InChI is InChI=1S/C18H15BrN2O2S/c1-18(2,3)23-17(22)15-11-5-4-10(9-20)8-12(11)21-16(15)13-6-7-14(19)24-13/h4-8,21H,1-3H3. The quantitative estimate of drug-likeness (QED) is 0.576. The average Bonchev–Trinajstić information content (AvgIpc) is 3.07. The largest absolute Gasteiger partial charge is 0.456 e. The maximum atomic E-state index is 12.8. The Morgan fingerprint density at radius 3 is 2.62 bits per heavy atom. The second-order valence-electron chi connectivity index (χ2n) is 6.35. The van der Waals surface area contributed by atoms with E-state index in [4.69, 9.17) is 10.00 Å². The minimum Gasteiger partial charge on any atom is -0.456 e. The fourth-order valence-corrected chi connectivity index (χ4v) is 3.83. The van der Waals surface area contributed by atoms with Gasteiger partial charge >= 0.3 is 5.97 Å². The van der Waals surface area contributed by atoms with Crippen LogP contribution in [0.1, 0.15) is 36.7 Å². The third-order valence-corrected chi connectivity index (χ3v) is 4.99. The van der Waals surface area contributed by atoms with Gasteiger partial charge in [0, 0.05) is 10.9 Å². The van der Waals surface area contributed by atoms with Gasteiger partial charge in [-0.25, -0.2) is 4.79 Å². The van der Waals surface area contributed by atoms with Crippen LogP contribution in [0.2, 0.25) is 0 Å². The molecule has 4 nitrogen and oxygen atoms in total. The minimum atomic E-state index is -0.583. The molecule has 2 heterocycles. The third-order valence-electron chi connectivity index (χ3n) is 3.35. The van der Waals surface area contributed by atoms with Crippen LogP contribution in [-0.4, -0.2) is 16.6 Å². The number of H-pyrrole nitrogens is 1. The smallest absolute Gasteiger partial charge is 0.341 e. The molecule has 0 aliphatic carbocycles. The molecule has 0 radical (unpaired) electrons. The van der Waals surface area contributed by atoms with Gasteiger partial charge in [0.1, 0.15) is 5.60 Å². The molecular weight excluding hydrogens is 388 g/mol. The van der Waals surface area contributed by atoms with Gasteiger partial charge in [-0.2, -0.15) is 5.26 Å². The number of ether oxygens (including phenoxy) is 1. The number of esters is 1. The highest BCUT2D eigenvalue weighted by atomic mass is 79.9. The van der Waals surface area contributed by atoms with Crippen LogP contribution >= 0.6 is 27.3 Å². The van der Waals surface area contributed by atoms with E-state index in [1.54, 1.807) is 18.2 Å². The topological polar surface area (TPSA) is 65.9 Å². The number of hydrogen-bond donors (Lipinski definition) is 1. The van der Waals surface area contributed by atoms with E-state index < -0.39 is 5.60 Å². The van der Waals surface area contributed by atoms with E-state index >= 15 is 0 Å². The number of thiophene rings is 1. The Hall–Kier alpha value is -2.10. The second-order valence-corrected chi connectivity index (χ2v) is 8.82. The maximum absolute atomic E-state index is 12.8. The minimum absolute atomic E-state index is 0.377. The molecule has 0 unspecified atom stereocenters. The van der Waals surface area contributed by atoms with Crippen molar-refractivity contribution in [3.05, 3.63) is 45.2 Å². The van der Waals surface area contributed by atoms with Crippen LogP contribution in [-0.2, 0) is 4.74 Å². The van der Waals surface area contributed by atoms with Crippen LogP contribution in [0.4, 0.5) is 0 Å². The van der Waals surface area contributed by atoms with Crippen LogP contribution in [0.5, 0.6) is 0 Å². The van der Waals surface area contributed by atoms with Gasteiger partial charge in [-0.1, -0.05) is 6.07 Å². The summed E-state index contributed by atoms with van der Waals surface area (Å²) in [5, 5.41) is 9.85. The zero-order chi connectivity index (χ0) is 17.5. The van der Waals surface area contributed by atoms with Crippen LogP contribution in [0, 0.1) is 11.3 Å².